The van der Waals surface area contributed by atoms with E-state index in [0.717, 1.165) is 36.8 Å². The zero-order valence-corrected chi connectivity index (χ0v) is 11.3. The molecule has 1 aromatic heterocycles. The monoisotopic (exact) mass is 259 g/mol. The van der Waals surface area contributed by atoms with Crippen molar-refractivity contribution in [1.29, 1.82) is 0 Å². The minimum atomic E-state index is 0.923. The van der Waals surface area contributed by atoms with E-state index >= 15 is 0 Å². The fraction of sp³-hybridized carbons (Fsp3) is 0.357. The van der Waals surface area contributed by atoms with Gasteiger partial charge in [0.2, 0.25) is 0 Å². The van der Waals surface area contributed by atoms with E-state index in [1.807, 2.05) is 12.1 Å². The molecule has 2 aromatic rings. The summed E-state index contributed by atoms with van der Waals surface area (Å²) in [6, 6.07) is 6.24. The quantitative estimate of drug-likeness (QED) is 0.843. The van der Waals surface area contributed by atoms with Crippen molar-refractivity contribution in [3.05, 3.63) is 45.4 Å². The second-order valence-electron chi connectivity index (χ2n) is 4.80. The summed E-state index contributed by atoms with van der Waals surface area (Å²) >= 11 is 1.72. The van der Waals surface area contributed by atoms with E-state index in [1.54, 1.807) is 11.3 Å². The molecule has 4 heteroatoms. The third-order valence-electron chi connectivity index (χ3n) is 3.44. The van der Waals surface area contributed by atoms with Crippen LogP contribution >= 0.6 is 11.3 Å². The summed E-state index contributed by atoms with van der Waals surface area (Å²) in [5.74, 6) is 0. The lowest BCUT2D eigenvalue weighted by Gasteiger charge is -2.29. The molecule has 1 aliphatic heterocycles. The Hall–Kier alpha value is -1.39. The predicted octanol–water partition coefficient (Wildman–Crippen LogP) is 2.59. The van der Waals surface area contributed by atoms with Crippen LogP contribution in [0, 0.1) is 6.92 Å². The Kier molecular flexibility index (Phi) is 3.06. The maximum atomic E-state index is 6.06. The first-order valence-electron chi connectivity index (χ1n) is 6.22. The van der Waals surface area contributed by atoms with Crippen LogP contribution in [0.5, 0.6) is 0 Å². The van der Waals surface area contributed by atoms with Crippen molar-refractivity contribution in [2.75, 3.05) is 12.3 Å². The average Bonchev–Trinajstić information content (AvgIpc) is 2.76. The zero-order valence-electron chi connectivity index (χ0n) is 10.5. The van der Waals surface area contributed by atoms with Crippen LogP contribution in [0.15, 0.2) is 23.6 Å². The number of hydrogen-bond acceptors (Lipinski definition) is 4. The molecule has 94 valence electrons. The molecular weight excluding hydrogens is 242 g/mol. The topological polar surface area (TPSA) is 42.2 Å². The molecule has 0 atom stereocenters. The summed E-state index contributed by atoms with van der Waals surface area (Å²) in [5.41, 5.74) is 10.9. The van der Waals surface area contributed by atoms with Crippen molar-refractivity contribution in [1.82, 2.24) is 9.88 Å². The molecule has 0 spiro atoms. The lowest BCUT2D eigenvalue weighted by atomic mass is 9.98. The van der Waals surface area contributed by atoms with Gasteiger partial charge in [-0.1, -0.05) is 12.1 Å². The van der Waals surface area contributed by atoms with Crippen LogP contribution in [0.25, 0.3) is 0 Å². The number of hydrogen-bond donors (Lipinski definition) is 1. The summed E-state index contributed by atoms with van der Waals surface area (Å²) in [4.78, 5) is 6.95. The van der Waals surface area contributed by atoms with Crippen molar-refractivity contribution < 1.29 is 0 Å². The summed E-state index contributed by atoms with van der Waals surface area (Å²) < 4.78 is 0. The normalized spacial score (nSPS) is 15.6. The fourth-order valence-electron chi connectivity index (χ4n) is 2.51. The van der Waals surface area contributed by atoms with Gasteiger partial charge in [0, 0.05) is 30.7 Å². The highest BCUT2D eigenvalue weighted by Crippen LogP contribution is 2.25. The predicted molar refractivity (Wildman–Crippen MR) is 75.5 cm³/mol. The van der Waals surface area contributed by atoms with Crippen LogP contribution < -0.4 is 5.73 Å². The van der Waals surface area contributed by atoms with E-state index in [-0.39, 0.29) is 0 Å². The number of anilines is 1. The lowest BCUT2D eigenvalue weighted by Crippen LogP contribution is -2.30. The van der Waals surface area contributed by atoms with Gasteiger partial charge in [-0.25, -0.2) is 4.98 Å². The second-order valence-corrected chi connectivity index (χ2v) is 5.87. The maximum Gasteiger partial charge on any atom is 0.0897 e. The number of rotatable bonds is 2. The molecule has 1 aromatic carbocycles. The highest BCUT2D eigenvalue weighted by molar-refractivity contribution is 7.09. The van der Waals surface area contributed by atoms with Gasteiger partial charge in [0.25, 0.3) is 0 Å². The van der Waals surface area contributed by atoms with Gasteiger partial charge >= 0.3 is 0 Å². The average molecular weight is 259 g/mol. The van der Waals surface area contributed by atoms with Crippen LogP contribution in [-0.2, 0) is 19.5 Å². The van der Waals surface area contributed by atoms with Gasteiger partial charge in [0.15, 0.2) is 0 Å². The molecule has 2 heterocycles. The van der Waals surface area contributed by atoms with Gasteiger partial charge in [-0.05, 0) is 30.5 Å². The molecule has 0 aliphatic carbocycles. The summed E-state index contributed by atoms with van der Waals surface area (Å²) in [6.45, 7) is 5.02. The van der Waals surface area contributed by atoms with Gasteiger partial charge in [-0.15, -0.1) is 11.3 Å². The van der Waals surface area contributed by atoms with Gasteiger partial charge in [-0.3, -0.25) is 4.90 Å². The first kappa shape index (κ1) is 11.7. The van der Waals surface area contributed by atoms with Crippen LogP contribution in [0.4, 0.5) is 5.69 Å². The lowest BCUT2D eigenvalue weighted by molar-refractivity contribution is 0.243. The summed E-state index contributed by atoms with van der Waals surface area (Å²) in [7, 11) is 0. The Morgan fingerprint density at radius 2 is 2.33 bits per heavy atom. The number of fused-ring (bicyclic) bond motifs is 1. The van der Waals surface area contributed by atoms with Crippen LogP contribution in [0.2, 0.25) is 0 Å². The van der Waals surface area contributed by atoms with E-state index < -0.39 is 0 Å². The number of nitrogens with two attached hydrogens (primary N) is 1. The number of aryl methyl sites for hydroxylation is 1. The van der Waals surface area contributed by atoms with Crippen molar-refractivity contribution in [2.24, 2.45) is 0 Å². The number of nitrogens with zero attached hydrogens (tertiary/aromatic N) is 2. The highest BCUT2D eigenvalue weighted by Gasteiger charge is 2.18. The SMILES string of the molecule is Cc1nc(CN2CCc3cccc(N)c3C2)cs1. The Balaban J connectivity index is 1.76. The van der Waals surface area contributed by atoms with Crippen LogP contribution in [0.1, 0.15) is 21.8 Å². The van der Waals surface area contributed by atoms with Gasteiger partial charge in [-0.2, -0.15) is 0 Å². The standard InChI is InChI=1S/C14H17N3S/c1-10-16-12(9-18-10)7-17-6-5-11-3-2-4-14(15)13(11)8-17/h2-4,9H,5-8,15H2,1H3. The molecule has 0 radical (unpaired) electrons. The number of benzene rings is 1. The van der Waals surface area contributed by atoms with Crippen LogP contribution in [-0.4, -0.2) is 16.4 Å². The smallest absolute Gasteiger partial charge is 0.0897 e. The number of aromatic nitrogens is 1. The molecule has 0 saturated heterocycles. The number of nitrogen functional groups attached to an aromatic ring is 1. The molecular formula is C14H17N3S. The highest BCUT2D eigenvalue weighted by atomic mass is 32.1. The van der Waals surface area contributed by atoms with E-state index in [2.05, 4.69) is 28.3 Å². The number of thiazole rings is 1. The molecule has 3 rings (SSSR count). The van der Waals surface area contributed by atoms with Crippen LogP contribution in [0.3, 0.4) is 0 Å². The van der Waals surface area contributed by atoms with Gasteiger partial charge in [0.1, 0.15) is 0 Å². The summed E-state index contributed by atoms with van der Waals surface area (Å²) in [5, 5.41) is 3.29. The maximum absolute atomic E-state index is 6.06. The van der Waals surface area contributed by atoms with Crippen molar-refractivity contribution in [2.45, 2.75) is 26.4 Å². The largest absolute Gasteiger partial charge is 0.398 e. The molecule has 0 saturated carbocycles. The molecule has 18 heavy (non-hydrogen) atoms. The first-order valence-corrected chi connectivity index (χ1v) is 7.10. The van der Waals surface area contributed by atoms with Crippen molar-refractivity contribution in [3.8, 4) is 0 Å². The van der Waals surface area contributed by atoms with Crippen molar-refractivity contribution >= 4 is 17.0 Å². The molecule has 0 unspecified atom stereocenters. The Bertz CT molecular complexity index is 562. The first-order chi connectivity index (χ1) is 8.72. The van der Waals surface area contributed by atoms with E-state index in [4.69, 9.17) is 5.73 Å². The van der Waals surface area contributed by atoms with Crippen molar-refractivity contribution in [3.63, 3.8) is 0 Å². The third-order valence-corrected chi connectivity index (χ3v) is 4.26. The Morgan fingerprint density at radius 1 is 1.44 bits per heavy atom. The van der Waals surface area contributed by atoms with Gasteiger partial charge in [0.05, 0.1) is 10.7 Å². The Morgan fingerprint density at radius 3 is 3.11 bits per heavy atom. The third kappa shape index (κ3) is 2.26. The molecule has 0 amide bonds. The Labute approximate surface area is 111 Å². The molecule has 3 nitrogen and oxygen atoms in total. The minimum absolute atomic E-state index is 0.923. The van der Waals surface area contributed by atoms with E-state index in [9.17, 15) is 0 Å². The second kappa shape index (κ2) is 4.71. The molecule has 0 bridgehead atoms. The van der Waals surface area contributed by atoms with Gasteiger partial charge < -0.3 is 5.73 Å². The molecule has 1 aliphatic rings. The van der Waals surface area contributed by atoms with E-state index in [1.165, 1.54) is 16.8 Å². The molecule has 0 fully saturated rings. The van der Waals surface area contributed by atoms with E-state index in [0.29, 0.717) is 0 Å². The zero-order chi connectivity index (χ0) is 12.5. The summed E-state index contributed by atoms with van der Waals surface area (Å²) in [6.07, 6.45) is 1.09. The minimum Gasteiger partial charge on any atom is -0.398 e. The fourth-order valence-corrected chi connectivity index (χ4v) is 3.11. The molecule has 2 N–H and O–H groups in total.